The van der Waals surface area contributed by atoms with Crippen LogP contribution in [0.15, 0.2) is 0 Å². The second-order valence-electron chi connectivity index (χ2n) is 8.04. The molecule has 22 heavy (non-hydrogen) atoms. The van der Waals surface area contributed by atoms with Crippen LogP contribution >= 0.6 is 0 Å². The highest BCUT2D eigenvalue weighted by atomic mass is 35.5. The van der Waals surface area contributed by atoms with Crippen LogP contribution in [0, 0.1) is 23.2 Å². The number of hydrogen-bond acceptors (Lipinski definition) is 3. The first-order valence-electron chi connectivity index (χ1n) is 8.41. The molecule has 0 spiro atoms. The molecule has 4 fully saturated rings. The van der Waals surface area contributed by atoms with Gasteiger partial charge >= 0.3 is 0 Å². The van der Waals surface area contributed by atoms with Crippen LogP contribution in [-0.4, -0.2) is 43.9 Å². The van der Waals surface area contributed by atoms with E-state index in [1.54, 1.807) is 0 Å². The van der Waals surface area contributed by atoms with Gasteiger partial charge in [-0.3, -0.25) is 4.79 Å². The normalized spacial score (nSPS) is 36.6. The van der Waals surface area contributed by atoms with Crippen molar-refractivity contribution in [2.45, 2.75) is 51.5 Å². The molecule has 0 aliphatic heterocycles. The Kier molecular flexibility index (Phi) is 7.19. The van der Waals surface area contributed by atoms with Gasteiger partial charge in [0.05, 0.1) is 6.04 Å². The van der Waals surface area contributed by atoms with Crippen molar-refractivity contribution in [3.63, 3.8) is 0 Å². The predicted octanol–water partition coefficient (Wildman–Crippen LogP) is -3.68. The second-order valence-corrected chi connectivity index (χ2v) is 8.04. The molecule has 4 rings (SSSR count). The zero-order chi connectivity index (χ0) is 14.3. The number of likely N-dealkylation sites (N-methyl/N-ethyl adjacent to an activating group) is 1. The van der Waals surface area contributed by atoms with Gasteiger partial charge in [0.1, 0.15) is 0 Å². The molecular weight excluding hydrogens is 319 g/mol. The third-order valence-electron chi connectivity index (χ3n) is 5.96. The molecule has 3 nitrogen and oxygen atoms in total. The first-order valence-corrected chi connectivity index (χ1v) is 8.41. The predicted molar refractivity (Wildman–Crippen MR) is 81.6 cm³/mol. The monoisotopic (exact) mass is 348 g/mol. The van der Waals surface area contributed by atoms with Crippen molar-refractivity contribution in [2.75, 3.05) is 27.2 Å². The Morgan fingerprint density at radius 1 is 1.09 bits per heavy atom. The maximum absolute atomic E-state index is 13.0. The van der Waals surface area contributed by atoms with Crippen LogP contribution in [0.4, 0.5) is 0 Å². The molecule has 5 heteroatoms. The number of rotatable bonds is 6. The molecule has 0 aromatic heterocycles. The van der Waals surface area contributed by atoms with Crippen molar-refractivity contribution < 1.29 is 29.6 Å². The molecule has 4 bridgehead atoms. The Balaban J connectivity index is 0.00000121. The topological polar surface area (TPSA) is 32.3 Å². The Morgan fingerprint density at radius 3 is 1.95 bits per heavy atom. The van der Waals surface area contributed by atoms with E-state index in [1.807, 2.05) is 0 Å². The lowest BCUT2D eigenvalue weighted by molar-refractivity contribution is -0.145. The minimum absolute atomic E-state index is 0. The van der Waals surface area contributed by atoms with Crippen LogP contribution in [0.5, 0.6) is 0 Å². The highest BCUT2D eigenvalue weighted by Crippen LogP contribution is 2.60. The smallest absolute Gasteiger partial charge is 0.155 e. The fourth-order valence-electron chi connectivity index (χ4n) is 5.47. The van der Waals surface area contributed by atoms with Gasteiger partial charge in [0.15, 0.2) is 5.78 Å². The van der Waals surface area contributed by atoms with Gasteiger partial charge in [-0.1, -0.05) is 0 Å². The molecule has 0 radical (unpaired) electrons. The van der Waals surface area contributed by atoms with E-state index < -0.39 is 0 Å². The van der Waals surface area contributed by atoms with Gasteiger partial charge in [-0.15, -0.1) is 0 Å². The van der Waals surface area contributed by atoms with E-state index in [-0.39, 0.29) is 36.3 Å². The lowest BCUT2D eigenvalue weighted by Gasteiger charge is -2.56. The Hall–Kier alpha value is 0.170. The summed E-state index contributed by atoms with van der Waals surface area (Å²) in [6.45, 7) is 3.99. The number of ketones is 1. The van der Waals surface area contributed by atoms with Crippen molar-refractivity contribution in [3.05, 3.63) is 0 Å². The largest absolute Gasteiger partial charge is 1.00 e. The van der Waals surface area contributed by atoms with E-state index in [4.69, 9.17) is 0 Å². The molecule has 1 N–H and O–H groups in total. The number of Topliss-reactive ketones (excluding diaryl/α,β-unsaturated/α-hetero) is 1. The summed E-state index contributed by atoms with van der Waals surface area (Å²) in [5.41, 5.74) is 0.0548. The van der Waals surface area contributed by atoms with Gasteiger partial charge in [0.25, 0.3) is 0 Å². The van der Waals surface area contributed by atoms with E-state index in [0.29, 0.717) is 5.78 Å². The van der Waals surface area contributed by atoms with Gasteiger partial charge in [-0.05, 0) is 77.3 Å². The minimum Gasteiger partial charge on any atom is -1.00 e. The van der Waals surface area contributed by atoms with Crippen LogP contribution in [0.2, 0.25) is 0 Å². The fourth-order valence-corrected chi connectivity index (χ4v) is 5.47. The van der Waals surface area contributed by atoms with E-state index in [2.05, 4.69) is 31.2 Å². The summed E-state index contributed by atoms with van der Waals surface area (Å²) in [4.78, 5) is 15.2. The molecule has 1 atom stereocenters. The number of carbonyl (C=O) groups is 1. The molecule has 0 saturated heterocycles. The van der Waals surface area contributed by atoms with Gasteiger partial charge in [-0.25, -0.2) is 0 Å². The molecule has 4 aliphatic rings. The van der Waals surface area contributed by atoms with Gasteiger partial charge < -0.3 is 35.0 Å². The number of nitrogens with one attached hydrogen (secondary N) is 1. The number of carbonyl (C=O) groups excluding carboxylic acids is 1. The third kappa shape index (κ3) is 3.98. The molecule has 0 aromatic rings. The van der Waals surface area contributed by atoms with E-state index in [9.17, 15) is 4.79 Å². The van der Waals surface area contributed by atoms with Crippen LogP contribution < -0.4 is 30.1 Å². The third-order valence-corrected chi connectivity index (χ3v) is 5.96. The van der Waals surface area contributed by atoms with Crippen molar-refractivity contribution in [3.8, 4) is 0 Å². The summed E-state index contributed by atoms with van der Waals surface area (Å²) < 4.78 is 0. The van der Waals surface area contributed by atoms with Crippen molar-refractivity contribution >= 4 is 5.78 Å². The summed E-state index contributed by atoms with van der Waals surface area (Å²) in [6.07, 6.45) is 7.81. The Labute approximate surface area is 147 Å². The SMILES string of the molecule is CC(NCCN(C)C)C(=O)C12CC3CC(CC(C3)C1)C2.[Cl-].[Cl-]. The molecule has 130 valence electrons. The van der Waals surface area contributed by atoms with E-state index >= 15 is 0 Å². The van der Waals surface area contributed by atoms with Gasteiger partial charge in [0, 0.05) is 18.5 Å². The lowest BCUT2D eigenvalue weighted by Crippen LogP contribution is -3.00. The van der Waals surface area contributed by atoms with Crippen molar-refractivity contribution in [1.82, 2.24) is 10.2 Å². The molecule has 4 saturated carbocycles. The summed E-state index contributed by atoms with van der Waals surface area (Å²) in [5.74, 6) is 3.10. The molecular formula is C17H30Cl2N2O-2. The zero-order valence-electron chi connectivity index (χ0n) is 14.1. The van der Waals surface area contributed by atoms with Gasteiger partial charge in [0.2, 0.25) is 0 Å². The summed E-state index contributed by atoms with van der Waals surface area (Å²) in [6, 6.07) is 0.0335. The Bertz CT molecular complexity index is 352. The average molecular weight is 349 g/mol. The zero-order valence-corrected chi connectivity index (χ0v) is 15.6. The Morgan fingerprint density at radius 2 is 1.55 bits per heavy atom. The van der Waals surface area contributed by atoms with Crippen molar-refractivity contribution in [1.29, 1.82) is 0 Å². The van der Waals surface area contributed by atoms with E-state index in [1.165, 1.54) is 38.5 Å². The maximum atomic E-state index is 13.0. The maximum Gasteiger partial charge on any atom is 0.155 e. The average Bonchev–Trinajstić information content (AvgIpc) is 2.35. The fraction of sp³-hybridized carbons (Fsp3) is 0.941. The second kappa shape index (κ2) is 7.83. The molecule has 0 heterocycles. The quantitative estimate of drug-likeness (QED) is 0.536. The first-order chi connectivity index (χ1) is 9.48. The first kappa shape index (κ1) is 20.2. The summed E-state index contributed by atoms with van der Waals surface area (Å²) in [5, 5.41) is 3.45. The molecule has 1 unspecified atom stereocenters. The molecule has 0 aromatic carbocycles. The molecule has 4 aliphatic carbocycles. The number of hydrogen-bond donors (Lipinski definition) is 1. The summed E-state index contributed by atoms with van der Waals surface area (Å²) >= 11 is 0. The lowest BCUT2D eigenvalue weighted by atomic mass is 9.48. The minimum atomic E-state index is 0. The summed E-state index contributed by atoms with van der Waals surface area (Å²) in [7, 11) is 4.15. The highest BCUT2D eigenvalue weighted by Gasteiger charge is 2.54. The van der Waals surface area contributed by atoms with Crippen LogP contribution in [-0.2, 0) is 4.79 Å². The number of halogens is 2. The molecule has 0 amide bonds. The highest BCUT2D eigenvalue weighted by molar-refractivity contribution is 5.89. The van der Waals surface area contributed by atoms with Crippen molar-refractivity contribution in [2.24, 2.45) is 23.2 Å². The number of nitrogens with zero attached hydrogens (tertiary/aromatic N) is 1. The van der Waals surface area contributed by atoms with E-state index in [0.717, 1.165) is 30.8 Å². The van der Waals surface area contributed by atoms with Gasteiger partial charge in [-0.2, -0.15) is 0 Å². The standard InChI is InChI=1S/C17H30N2O.2ClH/c1-12(18-4-5-19(2)3)16(20)17-9-13-6-14(10-17)8-15(7-13)11-17;;/h12-15,18H,4-11H2,1-3H3;2*1H/p-2. The van der Waals surface area contributed by atoms with Crippen LogP contribution in [0.25, 0.3) is 0 Å². The van der Waals surface area contributed by atoms with Crippen LogP contribution in [0.1, 0.15) is 45.4 Å². The van der Waals surface area contributed by atoms with Crippen LogP contribution in [0.3, 0.4) is 0 Å².